The number of terminal acetylenes is 1. The quantitative estimate of drug-likeness (QED) is 0.555. The van der Waals surface area contributed by atoms with E-state index in [1.54, 1.807) is 0 Å². The molecule has 0 fully saturated rings. The molecule has 1 aromatic rings. The number of unbranched alkanes of at least 4 members (excludes halogenated alkanes) is 2. The third-order valence-corrected chi connectivity index (χ3v) is 3.25. The van der Waals surface area contributed by atoms with Gasteiger partial charge in [-0.2, -0.15) is 0 Å². The Labute approximate surface area is 117 Å². The second-order valence-corrected chi connectivity index (χ2v) is 5.20. The van der Waals surface area contributed by atoms with Crippen LogP contribution in [-0.2, 0) is 0 Å². The zero-order chi connectivity index (χ0) is 14.1. The van der Waals surface area contributed by atoms with Crippen molar-refractivity contribution < 1.29 is 5.11 Å². The first kappa shape index (κ1) is 15.8. The summed E-state index contributed by atoms with van der Waals surface area (Å²) in [6, 6.07) is 8.21. The monoisotopic (exact) mass is 259 g/mol. The lowest BCUT2D eigenvalue weighted by Crippen LogP contribution is -2.22. The fraction of sp³-hybridized carbons (Fsp3) is 0.529. The Balaban J connectivity index is 2.29. The Bertz CT molecular complexity index is 389. The minimum atomic E-state index is -0.436. The zero-order valence-electron chi connectivity index (χ0n) is 12.0. The van der Waals surface area contributed by atoms with E-state index in [4.69, 9.17) is 6.42 Å². The molecule has 0 aliphatic heterocycles. The van der Waals surface area contributed by atoms with E-state index in [9.17, 15) is 5.11 Å². The first-order valence-corrected chi connectivity index (χ1v) is 7.07. The summed E-state index contributed by atoms with van der Waals surface area (Å²) in [6.07, 6.45) is 7.69. The van der Waals surface area contributed by atoms with Gasteiger partial charge in [-0.05, 0) is 36.4 Å². The maximum atomic E-state index is 10.1. The van der Waals surface area contributed by atoms with Crippen LogP contribution in [0.5, 0.6) is 0 Å². The summed E-state index contributed by atoms with van der Waals surface area (Å²) in [7, 11) is 0. The molecule has 0 aromatic heterocycles. The minimum Gasteiger partial charge on any atom is -0.387 e. The van der Waals surface area contributed by atoms with Crippen molar-refractivity contribution >= 4 is 0 Å². The van der Waals surface area contributed by atoms with E-state index in [1.165, 1.54) is 5.56 Å². The van der Waals surface area contributed by atoms with E-state index in [-0.39, 0.29) is 0 Å². The molecule has 1 unspecified atom stereocenters. The molecule has 0 bridgehead atoms. The summed E-state index contributed by atoms with van der Waals surface area (Å²) in [4.78, 5) is 0. The molecule has 1 rings (SSSR count). The highest BCUT2D eigenvalue weighted by atomic mass is 16.3. The Hall–Kier alpha value is -1.30. The van der Waals surface area contributed by atoms with Gasteiger partial charge in [-0.15, -0.1) is 12.3 Å². The Morgan fingerprint density at radius 1 is 1.16 bits per heavy atom. The summed E-state index contributed by atoms with van der Waals surface area (Å²) in [5, 5.41) is 13.3. The molecule has 0 heterocycles. The van der Waals surface area contributed by atoms with Crippen molar-refractivity contribution in [2.45, 2.75) is 45.1 Å². The van der Waals surface area contributed by atoms with E-state index in [1.807, 2.05) is 12.1 Å². The lowest BCUT2D eigenvalue weighted by Gasteiger charge is -2.13. The molecule has 1 atom stereocenters. The largest absolute Gasteiger partial charge is 0.387 e. The van der Waals surface area contributed by atoms with E-state index in [0.29, 0.717) is 12.5 Å². The molecule has 2 heteroatoms. The molecule has 0 aliphatic carbocycles. The van der Waals surface area contributed by atoms with Crippen LogP contribution in [-0.4, -0.2) is 18.2 Å². The van der Waals surface area contributed by atoms with Gasteiger partial charge in [-0.25, -0.2) is 0 Å². The van der Waals surface area contributed by atoms with E-state index < -0.39 is 6.10 Å². The van der Waals surface area contributed by atoms with Crippen molar-refractivity contribution in [3.8, 4) is 12.3 Å². The van der Waals surface area contributed by atoms with Crippen LogP contribution >= 0.6 is 0 Å². The molecule has 0 spiro atoms. The molecule has 1 aromatic carbocycles. The average Bonchev–Trinajstić information content (AvgIpc) is 2.42. The number of nitrogens with one attached hydrogen (secondary N) is 1. The molecule has 0 saturated carbocycles. The fourth-order valence-corrected chi connectivity index (χ4v) is 1.94. The molecule has 0 saturated heterocycles. The highest BCUT2D eigenvalue weighted by Gasteiger charge is 2.07. The smallest absolute Gasteiger partial charge is 0.0914 e. The number of rotatable bonds is 8. The first-order chi connectivity index (χ1) is 9.15. The number of aliphatic hydroxyl groups excluding tert-OH is 1. The van der Waals surface area contributed by atoms with Crippen LogP contribution in [0.2, 0.25) is 0 Å². The predicted molar refractivity (Wildman–Crippen MR) is 81.0 cm³/mol. The summed E-state index contributed by atoms with van der Waals surface area (Å²) in [6.45, 7) is 5.84. The van der Waals surface area contributed by atoms with Crippen molar-refractivity contribution in [3.63, 3.8) is 0 Å². The van der Waals surface area contributed by atoms with Crippen molar-refractivity contribution in [2.24, 2.45) is 0 Å². The van der Waals surface area contributed by atoms with Crippen LogP contribution in [0, 0.1) is 12.3 Å². The highest BCUT2D eigenvalue weighted by Crippen LogP contribution is 2.18. The molecule has 0 aliphatic rings. The van der Waals surface area contributed by atoms with Crippen molar-refractivity contribution in [3.05, 3.63) is 35.4 Å². The maximum Gasteiger partial charge on any atom is 0.0914 e. The Morgan fingerprint density at radius 3 is 2.37 bits per heavy atom. The van der Waals surface area contributed by atoms with Gasteiger partial charge in [0.05, 0.1) is 6.10 Å². The van der Waals surface area contributed by atoms with E-state index in [2.05, 4.69) is 37.2 Å². The van der Waals surface area contributed by atoms with Gasteiger partial charge < -0.3 is 10.4 Å². The molecule has 0 amide bonds. The number of hydrogen-bond donors (Lipinski definition) is 2. The topological polar surface area (TPSA) is 32.3 Å². The normalized spacial score (nSPS) is 12.4. The van der Waals surface area contributed by atoms with Crippen LogP contribution in [0.15, 0.2) is 24.3 Å². The Morgan fingerprint density at radius 2 is 1.79 bits per heavy atom. The van der Waals surface area contributed by atoms with Crippen molar-refractivity contribution in [1.29, 1.82) is 0 Å². The van der Waals surface area contributed by atoms with Gasteiger partial charge >= 0.3 is 0 Å². The average molecular weight is 259 g/mol. The Kier molecular flexibility index (Phi) is 7.25. The van der Waals surface area contributed by atoms with Crippen LogP contribution in [0.25, 0.3) is 0 Å². The lowest BCUT2D eigenvalue weighted by molar-refractivity contribution is 0.174. The molecular weight excluding hydrogens is 234 g/mol. The van der Waals surface area contributed by atoms with E-state index in [0.717, 1.165) is 31.4 Å². The van der Waals surface area contributed by atoms with Crippen LogP contribution in [0.3, 0.4) is 0 Å². The van der Waals surface area contributed by atoms with Gasteiger partial charge in [0.15, 0.2) is 0 Å². The molecule has 2 N–H and O–H groups in total. The fourth-order valence-electron chi connectivity index (χ4n) is 1.94. The van der Waals surface area contributed by atoms with Crippen LogP contribution in [0.1, 0.15) is 56.3 Å². The van der Waals surface area contributed by atoms with Gasteiger partial charge in [0.1, 0.15) is 0 Å². The van der Waals surface area contributed by atoms with Gasteiger partial charge in [0, 0.05) is 13.0 Å². The molecule has 2 nitrogen and oxygen atoms in total. The number of aliphatic hydroxyl groups is 1. The third kappa shape index (κ3) is 5.92. The second-order valence-electron chi connectivity index (χ2n) is 5.20. The van der Waals surface area contributed by atoms with Crippen molar-refractivity contribution in [1.82, 2.24) is 5.32 Å². The molecule has 104 valence electrons. The number of hydrogen-bond acceptors (Lipinski definition) is 2. The van der Waals surface area contributed by atoms with Gasteiger partial charge in [0.2, 0.25) is 0 Å². The van der Waals surface area contributed by atoms with Crippen LogP contribution < -0.4 is 5.32 Å². The summed E-state index contributed by atoms with van der Waals surface area (Å²) >= 11 is 0. The van der Waals surface area contributed by atoms with E-state index >= 15 is 0 Å². The second kappa shape index (κ2) is 8.74. The maximum absolute atomic E-state index is 10.1. The summed E-state index contributed by atoms with van der Waals surface area (Å²) in [5.41, 5.74) is 2.28. The van der Waals surface area contributed by atoms with Gasteiger partial charge in [0.25, 0.3) is 0 Å². The zero-order valence-corrected chi connectivity index (χ0v) is 12.0. The lowest BCUT2D eigenvalue weighted by atomic mass is 10.00. The third-order valence-electron chi connectivity index (χ3n) is 3.25. The van der Waals surface area contributed by atoms with Crippen molar-refractivity contribution in [2.75, 3.05) is 13.1 Å². The SMILES string of the molecule is C#CCCCCNCC(O)c1ccc(C(C)C)cc1. The summed E-state index contributed by atoms with van der Waals surface area (Å²) < 4.78 is 0. The standard InChI is InChI=1S/C17H25NO/c1-4-5-6-7-12-18-13-17(19)16-10-8-15(9-11-16)14(2)3/h1,8-11,14,17-19H,5-7,12-13H2,2-3H3. The first-order valence-electron chi connectivity index (χ1n) is 7.07. The minimum absolute atomic E-state index is 0.436. The number of benzene rings is 1. The van der Waals surface area contributed by atoms with Gasteiger partial charge in [-0.1, -0.05) is 38.1 Å². The molecule has 0 radical (unpaired) electrons. The van der Waals surface area contributed by atoms with Gasteiger partial charge in [-0.3, -0.25) is 0 Å². The predicted octanol–water partition coefficient (Wildman–Crippen LogP) is 3.24. The van der Waals surface area contributed by atoms with Crippen LogP contribution in [0.4, 0.5) is 0 Å². The highest BCUT2D eigenvalue weighted by molar-refractivity contribution is 5.26. The molecule has 19 heavy (non-hydrogen) atoms. The molecular formula is C17H25NO. The summed E-state index contributed by atoms with van der Waals surface area (Å²) in [5.74, 6) is 3.16.